The molecule has 102 valence electrons. The fourth-order valence-corrected chi connectivity index (χ4v) is 2.07. The summed E-state index contributed by atoms with van der Waals surface area (Å²) in [4.78, 5) is 4.60. The quantitative estimate of drug-likeness (QED) is 0.793. The zero-order valence-corrected chi connectivity index (χ0v) is 10.6. The summed E-state index contributed by atoms with van der Waals surface area (Å²) >= 11 is 0. The Balaban J connectivity index is 2.18. The van der Waals surface area contributed by atoms with Crippen molar-refractivity contribution in [2.75, 3.05) is 45.8 Å². The van der Waals surface area contributed by atoms with Gasteiger partial charge in [-0.3, -0.25) is 4.90 Å². The number of hydrogen-bond donors (Lipinski definition) is 1. The van der Waals surface area contributed by atoms with Crippen LogP contribution < -0.4 is 5.32 Å². The molecule has 0 bridgehead atoms. The van der Waals surface area contributed by atoms with E-state index in [2.05, 4.69) is 22.0 Å². The van der Waals surface area contributed by atoms with Crippen LogP contribution in [0.4, 0.5) is 13.2 Å². The molecule has 0 radical (unpaired) electrons. The maximum Gasteiger partial charge on any atom is 0.401 e. The fraction of sp³-hybridized carbons (Fsp3) is 1.00. The minimum Gasteiger partial charge on any atom is -0.307 e. The maximum absolute atomic E-state index is 12.0. The Hall–Kier alpha value is -0.330. The first kappa shape index (κ1) is 14.7. The second-order valence-corrected chi connectivity index (χ2v) is 4.57. The fourth-order valence-electron chi connectivity index (χ4n) is 2.07. The molecule has 0 aromatic carbocycles. The maximum atomic E-state index is 12.0. The molecule has 3 nitrogen and oxygen atoms in total. The minimum absolute atomic E-state index is 0.163. The van der Waals surface area contributed by atoms with Crippen molar-refractivity contribution < 1.29 is 13.2 Å². The second kappa shape index (κ2) is 6.56. The molecular weight excluding hydrogens is 231 g/mol. The monoisotopic (exact) mass is 253 g/mol. The Morgan fingerprint density at radius 3 is 2.24 bits per heavy atom. The Kier molecular flexibility index (Phi) is 5.69. The van der Waals surface area contributed by atoms with Crippen molar-refractivity contribution in [1.29, 1.82) is 0 Å². The lowest BCUT2D eigenvalue weighted by Gasteiger charge is -2.37. The highest BCUT2D eigenvalue weighted by atomic mass is 19.4. The second-order valence-electron chi connectivity index (χ2n) is 4.57. The molecule has 1 fully saturated rings. The van der Waals surface area contributed by atoms with Crippen molar-refractivity contribution in [1.82, 2.24) is 15.1 Å². The highest BCUT2D eigenvalue weighted by molar-refractivity contribution is 4.77. The van der Waals surface area contributed by atoms with E-state index in [4.69, 9.17) is 0 Å². The van der Waals surface area contributed by atoms with Gasteiger partial charge in [-0.2, -0.15) is 13.2 Å². The van der Waals surface area contributed by atoms with Crippen LogP contribution in [0.3, 0.4) is 0 Å². The lowest BCUT2D eigenvalue weighted by molar-refractivity contribution is -0.125. The zero-order chi connectivity index (χ0) is 12.9. The van der Waals surface area contributed by atoms with E-state index in [1.54, 1.807) is 0 Å². The van der Waals surface area contributed by atoms with Crippen molar-refractivity contribution in [3.05, 3.63) is 0 Å². The van der Waals surface area contributed by atoms with Gasteiger partial charge in [-0.05, 0) is 13.5 Å². The minimum atomic E-state index is -4.11. The number of likely N-dealkylation sites (N-methyl/N-ethyl adjacent to an activating group) is 1. The van der Waals surface area contributed by atoms with Gasteiger partial charge in [0.2, 0.25) is 0 Å². The number of nitrogens with zero attached hydrogens (tertiary/aromatic N) is 2. The van der Waals surface area contributed by atoms with Gasteiger partial charge in [0.05, 0.1) is 6.54 Å². The Morgan fingerprint density at radius 2 is 1.76 bits per heavy atom. The van der Waals surface area contributed by atoms with Crippen LogP contribution in [0.25, 0.3) is 0 Å². The molecule has 1 saturated heterocycles. The van der Waals surface area contributed by atoms with E-state index in [0.717, 1.165) is 32.7 Å². The molecule has 6 heteroatoms. The summed E-state index contributed by atoms with van der Waals surface area (Å²) in [6.45, 7) is 8.58. The SMILES string of the molecule is CCN1CCN(C(C)CNCC(F)(F)F)CC1. The summed E-state index contributed by atoms with van der Waals surface area (Å²) in [6.07, 6.45) is -4.11. The number of alkyl halides is 3. The van der Waals surface area contributed by atoms with Gasteiger partial charge in [-0.1, -0.05) is 6.92 Å². The van der Waals surface area contributed by atoms with Crippen LogP contribution in [0, 0.1) is 0 Å². The van der Waals surface area contributed by atoms with E-state index in [1.165, 1.54) is 0 Å². The third-order valence-corrected chi connectivity index (χ3v) is 3.24. The molecule has 0 aromatic rings. The third-order valence-electron chi connectivity index (χ3n) is 3.24. The van der Waals surface area contributed by atoms with Gasteiger partial charge in [-0.15, -0.1) is 0 Å². The highest BCUT2D eigenvalue weighted by Gasteiger charge is 2.27. The summed E-state index contributed by atoms with van der Waals surface area (Å²) < 4.78 is 35.9. The van der Waals surface area contributed by atoms with E-state index < -0.39 is 12.7 Å². The predicted octanol–water partition coefficient (Wildman–Crippen LogP) is 1.16. The van der Waals surface area contributed by atoms with Crippen LogP contribution in [0.5, 0.6) is 0 Å². The number of piperazine rings is 1. The largest absolute Gasteiger partial charge is 0.401 e. The molecule has 1 atom stereocenters. The summed E-state index contributed by atoms with van der Waals surface area (Å²) in [5.41, 5.74) is 0. The molecule has 1 aliphatic heterocycles. The summed E-state index contributed by atoms with van der Waals surface area (Å²) in [5.74, 6) is 0. The first-order chi connectivity index (χ1) is 7.92. The van der Waals surface area contributed by atoms with Crippen LogP contribution in [0.15, 0.2) is 0 Å². The summed E-state index contributed by atoms with van der Waals surface area (Å²) in [5, 5.41) is 2.47. The third kappa shape index (κ3) is 5.70. The predicted molar refractivity (Wildman–Crippen MR) is 62.1 cm³/mol. The molecule has 1 rings (SSSR count). The van der Waals surface area contributed by atoms with Crippen LogP contribution in [0.1, 0.15) is 13.8 Å². The van der Waals surface area contributed by atoms with Crippen molar-refractivity contribution in [2.24, 2.45) is 0 Å². The van der Waals surface area contributed by atoms with Crippen molar-refractivity contribution >= 4 is 0 Å². The molecule has 0 spiro atoms. The van der Waals surface area contributed by atoms with Crippen molar-refractivity contribution in [3.8, 4) is 0 Å². The van der Waals surface area contributed by atoms with E-state index in [-0.39, 0.29) is 6.04 Å². The van der Waals surface area contributed by atoms with E-state index >= 15 is 0 Å². The van der Waals surface area contributed by atoms with E-state index in [1.807, 2.05) is 6.92 Å². The Bertz CT molecular complexity index is 212. The lowest BCUT2D eigenvalue weighted by Crippen LogP contribution is -2.52. The van der Waals surface area contributed by atoms with E-state index in [9.17, 15) is 13.2 Å². The molecular formula is C11H22F3N3. The standard InChI is InChI=1S/C11H22F3N3/c1-3-16-4-6-17(7-5-16)10(2)8-15-9-11(12,13)14/h10,15H,3-9H2,1-2H3. The van der Waals surface area contributed by atoms with Gasteiger partial charge in [0.1, 0.15) is 0 Å². The zero-order valence-electron chi connectivity index (χ0n) is 10.6. The van der Waals surface area contributed by atoms with Gasteiger partial charge < -0.3 is 10.2 Å². The molecule has 1 N–H and O–H groups in total. The number of hydrogen-bond acceptors (Lipinski definition) is 3. The Morgan fingerprint density at radius 1 is 1.18 bits per heavy atom. The van der Waals surface area contributed by atoms with Crippen molar-refractivity contribution in [3.63, 3.8) is 0 Å². The normalized spacial score (nSPS) is 21.7. The first-order valence-corrected chi connectivity index (χ1v) is 6.16. The van der Waals surface area contributed by atoms with Gasteiger partial charge in [0.25, 0.3) is 0 Å². The molecule has 0 amide bonds. The molecule has 0 aromatic heterocycles. The van der Waals surface area contributed by atoms with Gasteiger partial charge in [0.15, 0.2) is 0 Å². The molecule has 0 saturated carbocycles. The molecule has 1 aliphatic rings. The first-order valence-electron chi connectivity index (χ1n) is 6.16. The van der Waals surface area contributed by atoms with E-state index in [0.29, 0.717) is 6.54 Å². The topological polar surface area (TPSA) is 18.5 Å². The molecule has 1 heterocycles. The highest BCUT2D eigenvalue weighted by Crippen LogP contribution is 2.12. The molecule has 17 heavy (non-hydrogen) atoms. The number of halogens is 3. The number of rotatable bonds is 5. The smallest absolute Gasteiger partial charge is 0.307 e. The van der Waals surface area contributed by atoms with Crippen LogP contribution in [-0.2, 0) is 0 Å². The Labute approximate surface area is 101 Å². The summed E-state index contributed by atoms with van der Waals surface area (Å²) in [7, 11) is 0. The van der Waals surface area contributed by atoms with Gasteiger partial charge in [0, 0.05) is 38.8 Å². The lowest BCUT2D eigenvalue weighted by atomic mass is 10.2. The average molecular weight is 253 g/mol. The average Bonchev–Trinajstić information content (AvgIpc) is 2.27. The van der Waals surface area contributed by atoms with Gasteiger partial charge >= 0.3 is 6.18 Å². The number of nitrogens with one attached hydrogen (secondary N) is 1. The molecule has 1 unspecified atom stereocenters. The van der Waals surface area contributed by atoms with Crippen molar-refractivity contribution in [2.45, 2.75) is 26.1 Å². The van der Waals surface area contributed by atoms with Crippen LogP contribution in [-0.4, -0.2) is 67.8 Å². The van der Waals surface area contributed by atoms with Crippen LogP contribution >= 0.6 is 0 Å². The van der Waals surface area contributed by atoms with Crippen LogP contribution in [0.2, 0.25) is 0 Å². The summed E-state index contributed by atoms with van der Waals surface area (Å²) in [6, 6.07) is 0.163. The molecule has 0 aliphatic carbocycles. The van der Waals surface area contributed by atoms with Gasteiger partial charge in [-0.25, -0.2) is 0 Å².